The highest BCUT2D eigenvalue weighted by Gasteiger charge is 2.21. The van der Waals surface area contributed by atoms with Crippen LogP contribution in [0.25, 0.3) is 11.0 Å². The third-order valence-corrected chi connectivity index (χ3v) is 4.08. The maximum Gasteiger partial charge on any atom is 0.254 e. The molecule has 2 aromatic rings. The number of rotatable bonds is 2. The first kappa shape index (κ1) is 13.1. The molecule has 1 saturated heterocycles. The molecule has 1 amide bonds. The smallest absolute Gasteiger partial charge is 0.254 e. The lowest BCUT2D eigenvalue weighted by molar-refractivity contribution is 0.0643. The van der Waals surface area contributed by atoms with Gasteiger partial charge in [0, 0.05) is 38.8 Å². The summed E-state index contributed by atoms with van der Waals surface area (Å²) in [6.45, 7) is 6.77. The Bertz CT molecular complexity index is 626. The van der Waals surface area contributed by atoms with E-state index in [0.717, 1.165) is 49.3 Å². The van der Waals surface area contributed by atoms with Crippen LogP contribution in [0.1, 0.15) is 17.3 Å². The average Bonchev–Trinajstić information content (AvgIpc) is 2.87. The van der Waals surface area contributed by atoms with Crippen molar-refractivity contribution in [3.8, 4) is 0 Å². The van der Waals surface area contributed by atoms with Gasteiger partial charge in [0.2, 0.25) is 0 Å². The number of fused-ring (bicyclic) bond motifs is 1. The van der Waals surface area contributed by atoms with E-state index in [9.17, 15) is 4.79 Å². The van der Waals surface area contributed by atoms with E-state index in [2.05, 4.69) is 16.8 Å². The van der Waals surface area contributed by atoms with Gasteiger partial charge in [-0.15, -0.1) is 0 Å². The number of aryl methyl sites for hydroxylation is 1. The molecular weight excluding hydrogens is 252 g/mol. The van der Waals surface area contributed by atoms with Gasteiger partial charge in [0.1, 0.15) is 0 Å². The van der Waals surface area contributed by atoms with Crippen molar-refractivity contribution in [2.75, 3.05) is 32.7 Å². The molecule has 1 aliphatic heterocycles. The van der Waals surface area contributed by atoms with Gasteiger partial charge in [0.25, 0.3) is 5.91 Å². The van der Waals surface area contributed by atoms with Crippen molar-refractivity contribution in [3.63, 3.8) is 0 Å². The fourth-order valence-electron chi connectivity index (χ4n) is 2.72. The number of carbonyl (C=O) groups excluding carboxylic acids is 1. The minimum Gasteiger partial charge on any atom is -0.336 e. The molecule has 5 nitrogen and oxygen atoms in total. The highest BCUT2D eigenvalue weighted by molar-refractivity contribution is 5.97. The molecule has 0 radical (unpaired) electrons. The van der Waals surface area contributed by atoms with Gasteiger partial charge < -0.3 is 14.4 Å². The standard InChI is InChI=1S/C15H20N4O/c1-3-18-6-8-19(9-7-18)15(20)12-4-5-14-13(10-12)16-11-17(14)2/h4-5,10-11H,3,6-9H2,1-2H3. The summed E-state index contributed by atoms with van der Waals surface area (Å²) in [5, 5.41) is 0. The van der Waals surface area contributed by atoms with E-state index in [0.29, 0.717) is 0 Å². The number of hydrogen-bond acceptors (Lipinski definition) is 3. The lowest BCUT2D eigenvalue weighted by atomic mass is 10.1. The number of likely N-dealkylation sites (N-methyl/N-ethyl adjacent to an activating group) is 1. The van der Waals surface area contributed by atoms with E-state index in [1.165, 1.54) is 0 Å². The van der Waals surface area contributed by atoms with E-state index in [-0.39, 0.29) is 5.91 Å². The Kier molecular flexibility index (Phi) is 3.44. The molecule has 0 bridgehead atoms. The fraction of sp³-hybridized carbons (Fsp3) is 0.467. The van der Waals surface area contributed by atoms with Crippen LogP contribution >= 0.6 is 0 Å². The van der Waals surface area contributed by atoms with Crippen molar-refractivity contribution in [1.29, 1.82) is 0 Å². The Morgan fingerprint density at radius 1 is 1.25 bits per heavy atom. The van der Waals surface area contributed by atoms with E-state index in [1.807, 2.05) is 34.7 Å². The van der Waals surface area contributed by atoms with Crippen LogP contribution < -0.4 is 0 Å². The van der Waals surface area contributed by atoms with E-state index in [4.69, 9.17) is 0 Å². The predicted octanol–water partition coefficient (Wildman–Crippen LogP) is 1.35. The number of amides is 1. The van der Waals surface area contributed by atoms with Crippen LogP contribution in [0.5, 0.6) is 0 Å². The van der Waals surface area contributed by atoms with Crippen molar-refractivity contribution >= 4 is 16.9 Å². The summed E-state index contributed by atoms with van der Waals surface area (Å²) >= 11 is 0. The summed E-state index contributed by atoms with van der Waals surface area (Å²) < 4.78 is 1.96. The second kappa shape index (κ2) is 5.25. The molecule has 1 aromatic carbocycles. The van der Waals surface area contributed by atoms with Crippen LogP contribution in [0.4, 0.5) is 0 Å². The van der Waals surface area contributed by atoms with Gasteiger partial charge in [-0.2, -0.15) is 0 Å². The lowest BCUT2D eigenvalue weighted by Gasteiger charge is -2.34. The predicted molar refractivity (Wildman–Crippen MR) is 78.7 cm³/mol. The summed E-state index contributed by atoms with van der Waals surface area (Å²) in [5.41, 5.74) is 2.67. The molecule has 1 aromatic heterocycles. The molecule has 0 unspecified atom stereocenters. The highest BCUT2D eigenvalue weighted by atomic mass is 16.2. The van der Waals surface area contributed by atoms with Crippen molar-refractivity contribution in [3.05, 3.63) is 30.1 Å². The Labute approximate surface area is 118 Å². The zero-order valence-corrected chi connectivity index (χ0v) is 12.0. The Hall–Kier alpha value is -1.88. The summed E-state index contributed by atoms with van der Waals surface area (Å²) in [4.78, 5) is 21.1. The van der Waals surface area contributed by atoms with E-state index in [1.54, 1.807) is 6.33 Å². The maximum atomic E-state index is 12.5. The summed E-state index contributed by atoms with van der Waals surface area (Å²) in [6, 6.07) is 5.76. The number of nitrogens with zero attached hydrogens (tertiary/aromatic N) is 4. The maximum absolute atomic E-state index is 12.5. The van der Waals surface area contributed by atoms with Crippen molar-refractivity contribution in [1.82, 2.24) is 19.4 Å². The zero-order valence-electron chi connectivity index (χ0n) is 12.0. The first-order valence-electron chi connectivity index (χ1n) is 7.11. The summed E-state index contributed by atoms with van der Waals surface area (Å²) in [7, 11) is 1.96. The van der Waals surface area contributed by atoms with Gasteiger partial charge in [0.05, 0.1) is 17.4 Å². The molecule has 1 fully saturated rings. The molecule has 0 saturated carbocycles. The molecule has 0 spiro atoms. The summed E-state index contributed by atoms with van der Waals surface area (Å²) in [6.07, 6.45) is 1.78. The monoisotopic (exact) mass is 272 g/mol. The lowest BCUT2D eigenvalue weighted by Crippen LogP contribution is -2.48. The molecule has 5 heteroatoms. The minimum absolute atomic E-state index is 0.119. The van der Waals surface area contributed by atoms with Gasteiger partial charge >= 0.3 is 0 Å². The van der Waals surface area contributed by atoms with Gasteiger partial charge in [-0.1, -0.05) is 6.92 Å². The molecular formula is C15H20N4O. The van der Waals surface area contributed by atoms with E-state index < -0.39 is 0 Å². The van der Waals surface area contributed by atoms with Gasteiger partial charge in [-0.3, -0.25) is 4.79 Å². The van der Waals surface area contributed by atoms with E-state index >= 15 is 0 Å². The first-order valence-corrected chi connectivity index (χ1v) is 7.11. The van der Waals surface area contributed by atoms with Crippen molar-refractivity contribution in [2.45, 2.75) is 6.92 Å². The molecule has 20 heavy (non-hydrogen) atoms. The van der Waals surface area contributed by atoms with Crippen molar-refractivity contribution in [2.24, 2.45) is 7.05 Å². The van der Waals surface area contributed by atoms with Crippen LogP contribution in [0.2, 0.25) is 0 Å². The molecule has 1 aliphatic rings. The SMILES string of the molecule is CCN1CCN(C(=O)c2ccc3c(c2)ncn3C)CC1. The number of piperazine rings is 1. The normalized spacial score (nSPS) is 16.8. The third-order valence-electron chi connectivity index (χ3n) is 4.08. The molecule has 106 valence electrons. The Morgan fingerprint density at radius 3 is 2.70 bits per heavy atom. The van der Waals surface area contributed by atoms with Gasteiger partial charge in [-0.05, 0) is 24.7 Å². The highest BCUT2D eigenvalue weighted by Crippen LogP contribution is 2.16. The number of carbonyl (C=O) groups is 1. The zero-order chi connectivity index (χ0) is 14.1. The molecule has 2 heterocycles. The Balaban J connectivity index is 1.78. The fourth-order valence-corrected chi connectivity index (χ4v) is 2.72. The van der Waals surface area contributed by atoms with Crippen LogP contribution in [0.3, 0.4) is 0 Å². The first-order chi connectivity index (χ1) is 9.69. The summed E-state index contributed by atoms with van der Waals surface area (Å²) in [5.74, 6) is 0.119. The van der Waals surface area contributed by atoms with Crippen LogP contribution in [-0.4, -0.2) is 58.0 Å². The largest absolute Gasteiger partial charge is 0.336 e. The van der Waals surface area contributed by atoms with Gasteiger partial charge in [0.15, 0.2) is 0 Å². The minimum atomic E-state index is 0.119. The molecule has 3 rings (SSSR count). The third kappa shape index (κ3) is 2.29. The molecule has 0 aliphatic carbocycles. The average molecular weight is 272 g/mol. The second-order valence-corrected chi connectivity index (χ2v) is 5.29. The quantitative estimate of drug-likeness (QED) is 0.828. The van der Waals surface area contributed by atoms with Gasteiger partial charge in [-0.25, -0.2) is 4.98 Å². The number of hydrogen-bond donors (Lipinski definition) is 0. The Morgan fingerprint density at radius 2 is 2.00 bits per heavy atom. The number of imidazole rings is 1. The number of aromatic nitrogens is 2. The van der Waals surface area contributed by atoms with Crippen LogP contribution in [0, 0.1) is 0 Å². The van der Waals surface area contributed by atoms with Crippen molar-refractivity contribution < 1.29 is 4.79 Å². The van der Waals surface area contributed by atoms with Crippen LogP contribution in [0.15, 0.2) is 24.5 Å². The number of benzene rings is 1. The molecule has 0 N–H and O–H groups in total. The second-order valence-electron chi connectivity index (χ2n) is 5.29. The van der Waals surface area contributed by atoms with Crippen LogP contribution in [-0.2, 0) is 7.05 Å². The molecule has 0 atom stereocenters. The topological polar surface area (TPSA) is 41.4 Å².